The fourth-order valence-corrected chi connectivity index (χ4v) is 4.42. The highest BCUT2D eigenvalue weighted by atomic mass is 16.5. The van der Waals surface area contributed by atoms with Gasteiger partial charge in [0.05, 0.1) is 12.1 Å². The number of aromatic nitrogens is 1. The lowest BCUT2D eigenvalue weighted by molar-refractivity contribution is -0.0768. The highest BCUT2D eigenvalue weighted by molar-refractivity contribution is 5.70. The number of hydrogen-bond acceptors (Lipinski definition) is 8. The zero-order chi connectivity index (χ0) is 27.3. The van der Waals surface area contributed by atoms with Crippen molar-refractivity contribution < 1.29 is 25.5 Å². The third kappa shape index (κ3) is 7.47. The quantitative estimate of drug-likeness (QED) is 0.181. The van der Waals surface area contributed by atoms with Crippen molar-refractivity contribution in [3.63, 3.8) is 0 Å². The maximum Gasteiger partial charge on any atom is 0.153 e. The van der Waals surface area contributed by atoms with Crippen LogP contribution in [-0.2, 0) is 0 Å². The molecule has 0 spiro atoms. The predicted molar refractivity (Wildman–Crippen MR) is 144 cm³/mol. The fraction of sp³-hybridized carbons (Fsp3) is 0.429. The standard InChI is InChI=1S/C28H40N4O5/c1-28(2,3)24(27(37)30-4)31-26(36)22(15-23(33)34)32-14-13-21(16-32)19-7-5-17(6-8-19)18-9-11-20(12-10-18)25(29)35/h5-14,16,22-27,30-31,33-37H,15,29H2,1-4H3/t22-,24-,25?,26?,27?/m1/s1. The Bertz CT molecular complexity index is 1110. The summed E-state index contributed by atoms with van der Waals surface area (Å²) in [5.41, 5.74) is 9.64. The molecule has 0 saturated heterocycles. The largest absolute Gasteiger partial charge is 0.377 e. The Morgan fingerprint density at radius 1 is 0.784 bits per heavy atom. The Morgan fingerprint density at radius 3 is 1.76 bits per heavy atom. The summed E-state index contributed by atoms with van der Waals surface area (Å²) in [5, 5.41) is 56.3. The van der Waals surface area contributed by atoms with E-state index in [0.717, 1.165) is 22.3 Å². The summed E-state index contributed by atoms with van der Waals surface area (Å²) in [6.45, 7) is 5.84. The molecule has 9 heteroatoms. The van der Waals surface area contributed by atoms with E-state index in [1.165, 1.54) is 0 Å². The van der Waals surface area contributed by atoms with Gasteiger partial charge in [-0.3, -0.25) is 10.6 Å². The van der Waals surface area contributed by atoms with Crippen molar-refractivity contribution in [1.29, 1.82) is 0 Å². The molecule has 37 heavy (non-hydrogen) atoms. The van der Waals surface area contributed by atoms with Gasteiger partial charge in [-0.15, -0.1) is 0 Å². The van der Waals surface area contributed by atoms with Gasteiger partial charge in [-0.05, 0) is 46.3 Å². The van der Waals surface area contributed by atoms with Crippen molar-refractivity contribution in [2.24, 2.45) is 11.1 Å². The number of aliphatic hydroxyl groups is 5. The molecule has 9 N–H and O–H groups in total. The molecule has 3 rings (SSSR count). The van der Waals surface area contributed by atoms with Gasteiger partial charge in [0.25, 0.3) is 0 Å². The number of aliphatic hydroxyl groups excluding tert-OH is 4. The van der Waals surface area contributed by atoms with Crippen molar-refractivity contribution in [2.75, 3.05) is 7.05 Å². The second kappa shape index (κ2) is 12.3. The van der Waals surface area contributed by atoms with Gasteiger partial charge >= 0.3 is 0 Å². The average molecular weight is 513 g/mol. The number of nitrogens with two attached hydrogens (primary N) is 1. The smallest absolute Gasteiger partial charge is 0.153 e. The van der Waals surface area contributed by atoms with Crippen LogP contribution >= 0.6 is 0 Å². The summed E-state index contributed by atoms with van der Waals surface area (Å²) in [4.78, 5) is 0. The molecule has 5 atom stereocenters. The van der Waals surface area contributed by atoms with E-state index in [1.54, 1.807) is 29.9 Å². The van der Waals surface area contributed by atoms with Crippen LogP contribution in [0.2, 0.25) is 0 Å². The second-order valence-corrected chi connectivity index (χ2v) is 10.5. The molecule has 2 aromatic carbocycles. The van der Waals surface area contributed by atoms with Crippen LogP contribution in [0.4, 0.5) is 0 Å². The van der Waals surface area contributed by atoms with E-state index in [9.17, 15) is 25.5 Å². The molecule has 1 heterocycles. The number of hydrogen-bond donors (Lipinski definition) is 8. The van der Waals surface area contributed by atoms with Crippen molar-refractivity contribution in [2.45, 2.75) is 64.2 Å². The first-order valence-electron chi connectivity index (χ1n) is 12.4. The van der Waals surface area contributed by atoms with Crippen LogP contribution < -0.4 is 16.4 Å². The van der Waals surface area contributed by atoms with Crippen LogP contribution in [0.15, 0.2) is 67.0 Å². The minimum absolute atomic E-state index is 0.110. The van der Waals surface area contributed by atoms with Gasteiger partial charge in [0, 0.05) is 18.8 Å². The lowest BCUT2D eigenvalue weighted by Gasteiger charge is -2.38. The Balaban J connectivity index is 1.81. The number of nitrogens with one attached hydrogen (secondary N) is 2. The zero-order valence-corrected chi connectivity index (χ0v) is 21.8. The number of rotatable bonds is 11. The molecule has 1 aromatic heterocycles. The summed E-state index contributed by atoms with van der Waals surface area (Å²) in [5.74, 6) is 0. The topological polar surface area (TPSA) is 156 Å². The molecule has 0 amide bonds. The highest BCUT2D eigenvalue weighted by Gasteiger charge is 2.34. The van der Waals surface area contributed by atoms with Gasteiger partial charge < -0.3 is 35.8 Å². The Morgan fingerprint density at radius 2 is 1.30 bits per heavy atom. The van der Waals surface area contributed by atoms with E-state index < -0.39 is 37.1 Å². The first kappa shape index (κ1) is 29.0. The Kier molecular flexibility index (Phi) is 9.63. The predicted octanol–water partition coefficient (Wildman–Crippen LogP) is 1.87. The van der Waals surface area contributed by atoms with Crippen molar-refractivity contribution in [3.05, 3.63) is 72.6 Å². The number of nitrogens with zero attached hydrogens (tertiary/aromatic N) is 1. The van der Waals surface area contributed by atoms with Gasteiger partial charge in [0.15, 0.2) is 6.29 Å². The normalized spacial score (nSPS) is 16.4. The molecule has 0 fully saturated rings. The minimum Gasteiger partial charge on any atom is -0.377 e. The second-order valence-electron chi connectivity index (χ2n) is 10.5. The van der Waals surface area contributed by atoms with Crippen LogP contribution in [0.1, 0.15) is 45.0 Å². The van der Waals surface area contributed by atoms with E-state index in [1.807, 2.05) is 69.4 Å². The van der Waals surface area contributed by atoms with Gasteiger partial charge in [0.2, 0.25) is 0 Å². The van der Waals surface area contributed by atoms with Crippen molar-refractivity contribution >= 4 is 0 Å². The first-order valence-corrected chi connectivity index (χ1v) is 12.4. The SMILES string of the molecule is CNC(O)[C@@H](NC(O)[C@@H](CC(O)O)n1ccc(-c2ccc(-c3ccc(C(N)O)cc3)cc2)c1)C(C)(C)C. The van der Waals surface area contributed by atoms with Crippen LogP contribution in [0, 0.1) is 5.41 Å². The van der Waals surface area contributed by atoms with Gasteiger partial charge in [-0.2, -0.15) is 0 Å². The average Bonchev–Trinajstić information content (AvgIpc) is 3.34. The summed E-state index contributed by atoms with van der Waals surface area (Å²) in [7, 11) is 1.63. The monoisotopic (exact) mass is 512 g/mol. The van der Waals surface area contributed by atoms with Crippen molar-refractivity contribution in [1.82, 2.24) is 15.2 Å². The summed E-state index contributed by atoms with van der Waals surface area (Å²) in [6, 6.07) is 16.1. The zero-order valence-electron chi connectivity index (χ0n) is 21.8. The van der Waals surface area contributed by atoms with Crippen LogP contribution in [0.3, 0.4) is 0 Å². The molecule has 0 aliphatic rings. The molecule has 3 unspecified atom stereocenters. The molecular formula is C28H40N4O5. The maximum absolute atomic E-state index is 11.1. The van der Waals surface area contributed by atoms with E-state index in [-0.39, 0.29) is 11.8 Å². The molecule has 0 aliphatic heterocycles. The van der Waals surface area contributed by atoms with Crippen molar-refractivity contribution in [3.8, 4) is 22.3 Å². The molecule has 0 bridgehead atoms. The molecular weight excluding hydrogens is 472 g/mol. The van der Waals surface area contributed by atoms with Gasteiger partial charge in [-0.25, -0.2) is 0 Å². The third-order valence-corrected chi connectivity index (χ3v) is 6.61. The van der Waals surface area contributed by atoms with E-state index in [4.69, 9.17) is 5.73 Å². The summed E-state index contributed by atoms with van der Waals surface area (Å²) < 4.78 is 1.75. The summed E-state index contributed by atoms with van der Waals surface area (Å²) >= 11 is 0. The van der Waals surface area contributed by atoms with Gasteiger partial charge in [-0.1, -0.05) is 69.3 Å². The molecule has 9 nitrogen and oxygen atoms in total. The Labute approximate surface area is 218 Å². The van der Waals surface area contributed by atoms with Crippen LogP contribution in [-0.4, -0.2) is 61.9 Å². The molecule has 202 valence electrons. The van der Waals surface area contributed by atoms with E-state index in [2.05, 4.69) is 10.6 Å². The third-order valence-electron chi connectivity index (χ3n) is 6.61. The first-order chi connectivity index (χ1) is 17.4. The molecule has 0 saturated carbocycles. The van der Waals surface area contributed by atoms with E-state index >= 15 is 0 Å². The van der Waals surface area contributed by atoms with Gasteiger partial charge in [0.1, 0.15) is 18.7 Å². The van der Waals surface area contributed by atoms with E-state index in [0.29, 0.717) is 5.56 Å². The number of likely N-dealkylation sites (N-methyl/N-ethyl adjacent to an activating group) is 1. The molecule has 0 radical (unpaired) electrons. The Hall–Kier alpha value is -2.60. The van der Waals surface area contributed by atoms with Crippen LogP contribution in [0.5, 0.6) is 0 Å². The number of benzene rings is 2. The molecule has 3 aromatic rings. The maximum atomic E-state index is 11.1. The lowest BCUT2D eigenvalue weighted by Crippen LogP contribution is -2.58. The summed E-state index contributed by atoms with van der Waals surface area (Å²) in [6.07, 6.45) is -1.17. The minimum atomic E-state index is -1.62. The highest BCUT2D eigenvalue weighted by Crippen LogP contribution is 2.29. The van der Waals surface area contributed by atoms with Crippen LogP contribution in [0.25, 0.3) is 22.3 Å². The lowest BCUT2D eigenvalue weighted by atomic mass is 9.85. The molecule has 0 aliphatic carbocycles. The fourth-order valence-electron chi connectivity index (χ4n) is 4.42.